The first kappa shape index (κ1) is 17.1. The van der Waals surface area contributed by atoms with E-state index < -0.39 is 0 Å². The number of carbonyl (C=O) groups is 1. The third kappa shape index (κ3) is 2.74. The Morgan fingerprint density at radius 1 is 1.14 bits per heavy atom. The zero-order valence-electron chi connectivity index (χ0n) is 15.5. The Morgan fingerprint density at radius 3 is 2.97 bits per heavy atom. The Labute approximate surface area is 174 Å². The first-order valence-electron chi connectivity index (χ1n) is 9.49. The van der Waals surface area contributed by atoms with Crippen molar-refractivity contribution >= 4 is 55.1 Å². The van der Waals surface area contributed by atoms with Crippen LogP contribution in [0.5, 0.6) is 0 Å². The Bertz CT molecular complexity index is 1380. The number of aromatic amines is 1. The summed E-state index contributed by atoms with van der Waals surface area (Å²) in [5.41, 5.74) is 4.75. The fraction of sp³-hybridized carbons (Fsp3) is 0.190. The number of thioether (sulfide) groups is 1. The maximum absolute atomic E-state index is 12.9. The fourth-order valence-electron chi connectivity index (χ4n) is 4.05. The molecular formula is C21H17N5OS2. The molecule has 6 nitrogen and oxygen atoms in total. The van der Waals surface area contributed by atoms with Crippen LogP contribution in [0.4, 0.5) is 0 Å². The molecule has 1 amide bonds. The molecule has 29 heavy (non-hydrogen) atoms. The van der Waals surface area contributed by atoms with Crippen LogP contribution in [0.15, 0.2) is 53.7 Å². The van der Waals surface area contributed by atoms with Gasteiger partial charge in [-0.3, -0.25) is 9.20 Å². The van der Waals surface area contributed by atoms with Gasteiger partial charge in [0.15, 0.2) is 5.16 Å². The van der Waals surface area contributed by atoms with Gasteiger partial charge in [0.05, 0.1) is 16.0 Å². The van der Waals surface area contributed by atoms with Crippen molar-refractivity contribution in [3.05, 3.63) is 59.8 Å². The number of rotatable bonds is 3. The van der Waals surface area contributed by atoms with Gasteiger partial charge in [-0.2, -0.15) is 0 Å². The van der Waals surface area contributed by atoms with Gasteiger partial charge < -0.3 is 9.88 Å². The van der Waals surface area contributed by atoms with Gasteiger partial charge >= 0.3 is 0 Å². The molecule has 1 N–H and O–H groups in total. The molecule has 0 saturated heterocycles. The molecule has 8 heteroatoms. The molecule has 0 bridgehead atoms. The van der Waals surface area contributed by atoms with Crippen LogP contribution in [0, 0.1) is 0 Å². The van der Waals surface area contributed by atoms with E-state index in [1.165, 1.54) is 33.1 Å². The lowest BCUT2D eigenvalue weighted by Crippen LogP contribution is -2.36. The number of benzene rings is 2. The monoisotopic (exact) mass is 419 g/mol. The van der Waals surface area contributed by atoms with Crippen molar-refractivity contribution in [1.29, 1.82) is 0 Å². The lowest BCUT2D eigenvalue weighted by molar-refractivity contribution is -0.129. The van der Waals surface area contributed by atoms with Crippen LogP contribution in [-0.4, -0.2) is 42.7 Å². The van der Waals surface area contributed by atoms with Crippen molar-refractivity contribution in [2.45, 2.75) is 18.1 Å². The predicted octanol–water partition coefficient (Wildman–Crippen LogP) is 4.10. The van der Waals surface area contributed by atoms with E-state index in [1.54, 1.807) is 11.3 Å². The maximum Gasteiger partial charge on any atom is 0.233 e. The molecule has 1 aliphatic rings. The maximum atomic E-state index is 12.9. The quantitative estimate of drug-likeness (QED) is 0.447. The molecule has 2 aromatic carbocycles. The third-order valence-electron chi connectivity index (χ3n) is 5.47. The van der Waals surface area contributed by atoms with E-state index in [2.05, 4.69) is 45.5 Å². The van der Waals surface area contributed by atoms with Crippen molar-refractivity contribution < 1.29 is 4.79 Å². The zero-order chi connectivity index (χ0) is 19.4. The summed E-state index contributed by atoms with van der Waals surface area (Å²) in [7, 11) is 0. The number of carbonyl (C=O) groups excluding carboxylic acids is 1. The second-order valence-corrected chi connectivity index (χ2v) is 9.10. The molecule has 0 saturated carbocycles. The summed E-state index contributed by atoms with van der Waals surface area (Å²) in [4.78, 5) is 19.3. The largest absolute Gasteiger partial charge is 0.358 e. The molecule has 3 aromatic heterocycles. The summed E-state index contributed by atoms with van der Waals surface area (Å²) in [6.45, 7) is 1.41. The molecule has 0 radical (unpaired) electrons. The number of aromatic nitrogens is 4. The Hall–Kier alpha value is -2.84. The first-order valence-corrected chi connectivity index (χ1v) is 11.3. The van der Waals surface area contributed by atoms with Crippen LogP contribution in [0.1, 0.15) is 11.3 Å². The van der Waals surface area contributed by atoms with Gasteiger partial charge in [-0.25, -0.2) is 0 Å². The van der Waals surface area contributed by atoms with E-state index in [4.69, 9.17) is 0 Å². The average molecular weight is 420 g/mol. The van der Waals surface area contributed by atoms with Crippen LogP contribution >= 0.6 is 23.1 Å². The SMILES string of the molecule is O=C(CSc1nnc2sc3ccccc3n12)N1CCc2[nH]c3ccccc3c2C1. The van der Waals surface area contributed by atoms with E-state index >= 15 is 0 Å². The van der Waals surface area contributed by atoms with E-state index in [-0.39, 0.29) is 5.91 Å². The minimum atomic E-state index is 0.141. The van der Waals surface area contributed by atoms with Gasteiger partial charge in [0, 0.05) is 41.7 Å². The van der Waals surface area contributed by atoms with E-state index in [0.717, 1.165) is 34.1 Å². The van der Waals surface area contributed by atoms with Crippen LogP contribution in [0.3, 0.4) is 0 Å². The molecule has 0 fully saturated rings. The molecule has 6 rings (SSSR count). The van der Waals surface area contributed by atoms with E-state index in [9.17, 15) is 4.79 Å². The average Bonchev–Trinajstić information content (AvgIpc) is 3.43. The second kappa shape index (κ2) is 6.60. The van der Waals surface area contributed by atoms with Crippen LogP contribution in [0.2, 0.25) is 0 Å². The lowest BCUT2D eigenvalue weighted by Gasteiger charge is -2.27. The number of nitrogens with one attached hydrogen (secondary N) is 1. The molecule has 1 aliphatic heterocycles. The molecule has 0 spiro atoms. The van der Waals surface area contributed by atoms with Gasteiger partial charge in [-0.05, 0) is 18.2 Å². The minimum Gasteiger partial charge on any atom is -0.358 e. The Kier molecular flexibility index (Phi) is 3.88. The number of fused-ring (bicyclic) bond motifs is 6. The number of nitrogens with zero attached hydrogens (tertiary/aromatic N) is 4. The predicted molar refractivity (Wildman–Crippen MR) is 117 cm³/mol. The van der Waals surface area contributed by atoms with Gasteiger partial charge in [-0.15, -0.1) is 10.2 Å². The van der Waals surface area contributed by atoms with Gasteiger partial charge in [0.1, 0.15) is 0 Å². The number of H-pyrrole nitrogens is 1. The summed E-state index contributed by atoms with van der Waals surface area (Å²) in [6, 6.07) is 16.5. The number of thiazole rings is 1. The Morgan fingerprint density at radius 2 is 2.00 bits per heavy atom. The van der Waals surface area contributed by atoms with Crippen molar-refractivity contribution in [3.8, 4) is 0 Å². The summed E-state index contributed by atoms with van der Waals surface area (Å²) in [5.74, 6) is 0.505. The van der Waals surface area contributed by atoms with Gasteiger partial charge in [0.2, 0.25) is 10.9 Å². The van der Waals surface area contributed by atoms with Crippen molar-refractivity contribution in [3.63, 3.8) is 0 Å². The standard InChI is InChI=1S/C21H17N5OS2/c27-19(25-10-9-16-14(11-25)13-5-1-2-6-15(13)22-16)12-28-20-23-24-21-26(20)17-7-3-4-8-18(17)29-21/h1-8,22H,9-12H2. The van der Waals surface area contributed by atoms with Gasteiger partial charge in [0.25, 0.3) is 0 Å². The van der Waals surface area contributed by atoms with Crippen molar-refractivity contribution in [2.75, 3.05) is 12.3 Å². The molecule has 0 unspecified atom stereocenters. The van der Waals surface area contributed by atoms with Crippen LogP contribution in [0.25, 0.3) is 26.1 Å². The third-order valence-corrected chi connectivity index (χ3v) is 7.40. The second-order valence-electron chi connectivity index (χ2n) is 7.15. The van der Waals surface area contributed by atoms with Crippen molar-refractivity contribution in [1.82, 2.24) is 24.5 Å². The highest BCUT2D eigenvalue weighted by molar-refractivity contribution is 7.99. The Balaban J connectivity index is 1.23. The topological polar surface area (TPSA) is 66.3 Å². The van der Waals surface area contributed by atoms with Crippen LogP contribution in [-0.2, 0) is 17.8 Å². The number of hydrogen-bond donors (Lipinski definition) is 1. The molecule has 0 atom stereocenters. The normalized spacial score (nSPS) is 14.1. The summed E-state index contributed by atoms with van der Waals surface area (Å²) in [5, 5.41) is 10.6. The van der Waals surface area contributed by atoms with Crippen LogP contribution < -0.4 is 0 Å². The number of para-hydroxylation sites is 2. The number of hydrogen-bond acceptors (Lipinski definition) is 5. The molecule has 4 heterocycles. The molecule has 5 aromatic rings. The molecule has 144 valence electrons. The lowest BCUT2D eigenvalue weighted by atomic mass is 10.0. The zero-order valence-corrected chi connectivity index (χ0v) is 17.1. The molecule has 0 aliphatic carbocycles. The smallest absolute Gasteiger partial charge is 0.233 e. The highest BCUT2D eigenvalue weighted by atomic mass is 32.2. The van der Waals surface area contributed by atoms with E-state index in [1.807, 2.05) is 27.5 Å². The summed E-state index contributed by atoms with van der Waals surface area (Å²) >= 11 is 3.08. The summed E-state index contributed by atoms with van der Waals surface area (Å²) < 4.78 is 3.22. The fourth-order valence-corrected chi connectivity index (χ4v) is 5.92. The first-order chi connectivity index (χ1) is 14.3. The van der Waals surface area contributed by atoms with E-state index in [0.29, 0.717) is 12.3 Å². The number of amides is 1. The molecular weight excluding hydrogens is 402 g/mol. The van der Waals surface area contributed by atoms with Gasteiger partial charge in [-0.1, -0.05) is 53.4 Å². The highest BCUT2D eigenvalue weighted by Crippen LogP contribution is 2.31. The minimum absolute atomic E-state index is 0.141. The summed E-state index contributed by atoms with van der Waals surface area (Å²) in [6.07, 6.45) is 0.866. The van der Waals surface area contributed by atoms with Crippen molar-refractivity contribution in [2.24, 2.45) is 0 Å². The highest BCUT2D eigenvalue weighted by Gasteiger charge is 2.24.